The second-order valence-corrected chi connectivity index (χ2v) is 9.99. The molecule has 0 radical (unpaired) electrons. The maximum absolute atomic E-state index is 12.9. The maximum Gasteiger partial charge on any atom is 0.253 e. The molecule has 2 atom stereocenters. The van der Waals surface area contributed by atoms with Gasteiger partial charge in [-0.15, -0.1) is 0 Å². The Hall–Kier alpha value is -2.37. The average molecular weight is 448 g/mol. The van der Waals surface area contributed by atoms with E-state index in [1.54, 1.807) is 0 Å². The first-order valence-electron chi connectivity index (χ1n) is 12.8. The van der Waals surface area contributed by atoms with Crippen LogP contribution in [0, 0.1) is 11.8 Å². The first-order chi connectivity index (χ1) is 16.2. The lowest BCUT2D eigenvalue weighted by atomic mass is 10.0. The Bertz CT molecular complexity index is 881. The summed E-state index contributed by atoms with van der Waals surface area (Å²) in [5.41, 5.74) is 2.08. The van der Waals surface area contributed by atoms with Crippen molar-refractivity contribution < 1.29 is 9.53 Å². The Morgan fingerprint density at radius 1 is 0.848 bits per heavy atom. The van der Waals surface area contributed by atoms with E-state index in [9.17, 15) is 4.79 Å². The predicted octanol–water partition coefficient (Wildman–Crippen LogP) is 4.15. The largest absolute Gasteiger partial charge is 0.494 e. The van der Waals surface area contributed by atoms with E-state index in [1.807, 2.05) is 29.2 Å². The number of ether oxygens (including phenoxy) is 1. The number of piperazine rings is 1. The third kappa shape index (κ3) is 5.77. The Kier molecular flexibility index (Phi) is 7.27. The van der Waals surface area contributed by atoms with Crippen LogP contribution in [0.5, 0.6) is 5.75 Å². The van der Waals surface area contributed by atoms with Crippen molar-refractivity contribution in [1.29, 1.82) is 0 Å². The quantitative estimate of drug-likeness (QED) is 0.570. The normalized spacial score (nSPS) is 23.6. The Labute approximate surface area is 198 Å². The summed E-state index contributed by atoms with van der Waals surface area (Å²) < 4.78 is 5.95. The van der Waals surface area contributed by atoms with Crippen LogP contribution in [0.25, 0.3) is 0 Å². The molecular formula is C28H37N3O2. The molecule has 2 unspecified atom stereocenters. The van der Waals surface area contributed by atoms with Gasteiger partial charge in [-0.2, -0.15) is 0 Å². The van der Waals surface area contributed by atoms with Gasteiger partial charge in [0.05, 0.1) is 6.61 Å². The number of likely N-dealkylation sites (tertiary alicyclic amines) is 1. The highest BCUT2D eigenvalue weighted by atomic mass is 16.5. The molecule has 5 rings (SSSR count). The molecule has 0 N–H and O–H groups in total. The standard InChI is InChI=1S/C28H37N3O2/c32-28(31-17-15-29(16-18-31)20-23-6-2-1-3-7-23)24-10-12-27(13-11-24)33-19-5-14-30-21-25-8-4-9-26(25)22-30/h1-3,6-7,10-13,25-26H,4-5,8-9,14-22H2. The number of amides is 1. The van der Waals surface area contributed by atoms with Crippen molar-refractivity contribution >= 4 is 5.91 Å². The van der Waals surface area contributed by atoms with Gasteiger partial charge in [0, 0.05) is 57.9 Å². The second-order valence-electron chi connectivity index (χ2n) is 9.99. The fourth-order valence-corrected chi connectivity index (χ4v) is 5.82. The van der Waals surface area contributed by atoms with Crippen molar-refractivity contribution in [3.8, 4) is 5.75 Å². The fraction of sp³-hybridized carbons (Fsp3) is 0.536. The molecule has 2 aromatic carbocycles. The molecule has 0 bridgehead atoms. The van der Waals surface area contributed by atoms with Crippen molar-refractivity contribution in [2.45, 2.75) is 32.2 Å². The molecule has 176 valence electrons. The van der Waals surface area contributed by atoms with Crippen LogP contribution >= 0.6 is 0 Å². The Morgan fingerprint density at radius 2 is 1.55 bits per heavy atom. The molecule has 2 aromatic rings. The molecule has 33 heavy (non-hydrogen) atoms. The maximum atomic E-state index is 12.9. The van der Waals surface area contributed by atoms with E-state index < -0.39 is 0 Å². The summed E-state index contributed by atoms with van der Waals surface area (Å²) >= 11 is 0. The van der Waals surface area contributed by atoms with Crippen LogP contribution < -0.4 is 4.74 Å². The highest BCUT2D eigenvalue weighted by molar-refractivity contribution is 5.94. The molecule has 3 aliphatic rings. The van der Waals surface area contributed by atoms with Gasteiger partial charge in [-0.3, -0.25) is 9.69 Å². The number of benzene rings is 2. The zero-order chi connectivity index (χ0) is 22.5. The predicted molar refractivity (Wildman–Crippen MR) is 131 cm³/mol. The zero-order valence-electron chi connectivity index (χ0n) is 19.7. The number of fused-ring (bicyclic) bond motifs is 1. The van der Waals surface area contributed by atoms with Crippen molar-refractivity contribution in [2.24, 2.45) is 11.8 Å². The number of carbonyl (C=O) groups is 1. The fourth-order valence-electron chi connectivity index (χ4n) is 5.82. The van der Waals surface area contributed by atoms with Crippen LogP contribution in [0.2, 0.25) is 0 Å². The molecule has 0 spiro atoms. The number of nitrogens with zero attached hydrogens (tertiary/aromatic N) is 3. The summed E-state index contributed by atoms with van der Waals surface area (Å²) in [4.78, 5) is 19.9. The molecule has 0 aromatic heterocycles. The third-order valence-corrected chi connectivity index (χ3v) is 7.70. The molecule has 2 saturated heterocycles. The van der Waals surface area contributed by atoms with Crippen molar-refractivity contribution in [2.75, 3.05) is 52.4 Å². The lowest BCUT2D eigenvalue weighted by molar-refractivity contribution is 0.0628. The van der Waals surface area contributed by atoms with Crippen LogP contribution in [0.3, 0.4) is 0 Å². The van der Waals surface area contributed by atoms with Gasteiger partial charge >= 0.3 is 0 Å². The Balaban J connectivity index is 1.02. The minimum absolute atomic E-state index is 0.125. The van der Waals surface area contributed by atoms with E-state index in [2.05, 4.69) is 40.1 Å². The van der Waals surface area contributed by atoms with Gasteiger partial charge in [0.2, 0.25) is 0 Å². The van der Waals surface area contributed by atoms with E-state index >= 15 is 0 Å². The molecule has 1 aliphatic carbocycles. The molecule has 1 saturated carbocycles. The van der Waals surface area contributed by atoms with Gasteiger partial charge in [0.1, 0.15) is 5.75 Å². The van der Waals surface area contributed by atoms with Crippen molar-refractivity contribution in [3.63, 3.8) is 0 Å². The first-order valence-corrected chi connectivity index (χ1v) is 12.8. The van der Waals surface area contributed by atoms with E-state index in [0.717, 1.165) is 75.4 Å². The van der Waals surface area contributed by atoms with Crippen LogP contribution in [-0.2, 0) is 6.54 Å². The average Bonchev–Trinajstić information content (AvgIpc) is 3.45. The van der Waals surface area contributed by atoms with Crippen LogP contribution in [0.15, 0.2) is 54.6 Å². The zero-order valence-corrected chi connectivity index (χ0v) is 19.7. The van der Waals surface area contributed by atoms with Crippen LogP contribution in [-0.4, -0.2) is 73.0 Å². The second kappa shape index (κ2) is 10.7. The van der Waals surface area contributed by atoms with Crippen LogP contribution in [0.1, 0.15) is 41.6 Å². The lowest BCUT2D eigenvalue weighted by Gasteiger charge is -2.34. The number of carbonyl (C=O) groups excluding carboxylic acids is 1. The molecular weight excluding hydrogens is 410 g/mol. The SMILES string of the molecule is O=C(c1ccc(OCCCN2CC3CCCC3C2)cc1)N1CCN(Cc2ccccc2)CC1. The number of hydrogen-bond acceptors (Lipinski definition) is 4. The molecule has 2 aliphatic heterocycles. The van der Waals surface area contributed by atoms with Crippen molar-refractivity contribution in [1.82, 2.24) is 14.7 Å². The first kappa shape index (κ1) is 22.4. The molecule has 2 heterocycles. The monoisotopic (exact) mass is 447 g/mol. The molecule has 1 amide bonds. The van der Waals surface area contributed by atoms with Crippen molar-refractivity contribution in [3.05, 3.63) is 65.7 Å². The smallest absolute Gasteiger partial charge is 0.253 e. The summed E-state index contributed by atoms with van der Waals surface area (Å²) in [6.45, 7) is 8.81. The summed E-state index contributed by atoms with van der Waals surface area (Å²) in [7, 11) is 0. The van der Waals surface area contributed by atoms with Gasteiger partial charge in [0.25, 0.3) is 5.91 Å². The number of rotatable bonds is 8. The van der Waals surface area contributed by atoms with E-state index in [1.165, 1.54) is 37.9 Å². The summed E-state index contributed by atoms with van der Waals surface area (Å²) in [5.74, 6) is 2.91. The Morgan fingerprint density at radius 3 is 2.24 bits per heavy atom. The minimum atomic E-state index is 0.125. The summed E-state index contributed by atoms with van der Waals surface area (Å²) in [5, 5.41) is 0. The highest BCUT2D eigenvalue weighted by Crippen LogP contribution is 2.37. The van der Waals surface area contributed by atoms with E-state index in [0.29, 0.717) is 0 Å². The van der Waals surface area contributed by atoms with Crippen LogP contribution in [0.4, 0.5) is 0 Å². The van der Waals surface area contributed by atoms with Gasteiger partial charge < -0.3 is 14.5 Å². The summed E-state index contributed by atoms with van der Waals surface area (Å²) in [6.07, 6.45) is 5.38. The lowest BCUT2D eigenvalue weighted by Crippen LogP contribution is -2.48. The van der Waals surface area contributed by atoms with E-state index in [-0.39, 0.29) is 5.91 Å². The highest BCUT2D eigenvalue weighted by Gasteiger charge is 2.35. The minimum Gasteiger partial charge on any atom is -0.494 e. The summed E-state index contributed by atoms with van der Waals surface area (Å²) in [6, 6.07) is 18.3. The molecule has 5 heteroatoms. The van der Waals surface area contributed by atoms with E-state index in [4.69, 9.17) is 4.74 Å². The van der Waals surface area contributed by atoms with Gasteiger partial charge in [0.15, 0.2) is 0 Å². The molecule has 5 nitrogen and oxygen atoms in total. The molecule has 3 fully saturated rings. The third-order valence-electron chi connectivity index (χ3n) is 7.70. The van der Waals surface area contributed by atoms with Gasteiger partial charge in [-0.05, 0) is 60.9 Å². The topological polar surface area (TPSA) is 36.0 Å². The van der Waals surface area contributed by atoms with Gasteiger partial charge in [-0.25, -0.2) is 0 Å². The van der Waals surface area contributed by atoms with Gasteiger partial charge in [-0.1, -0.05) is 36.8 Å². The number of hydrogen-bond donors (Lipinski definition) is 0.